The third kappa shape index (κ3) is 6.02. The first-order valence-electron chi connectivity index (χ1n) is 5.14. The molecule has 0 saturated heterocycles. The van der Waals surface area contributed by atoms with Gasteiger partial charge >= 0.3 is 0 Å². The first-order valence-corrected chi connectivity index (χ1v) is 5.14. The van der Waals surface area contributed by atoms with Crippen LogP contribution in [-0.2, 0) is 4.74 Å². The van der Waals surface area contributed by atoms with E-state index in [0.717, 1.165) is 19.3 Å². The highest BCUT2D eigenvalue weighted by molar-refractivity contribution is 4.71. The molecule has 0 amide bonds. The predicted molar refractivity (Wildman–Crippen MR) is 54.9 cm³/mol. The average molecular weight is 189 g/mol. The molecule has 0 radical (unpaired) electrons. The van der Waals surface area contributed by atoms with E-state index < -0.39 is 0 Å². The van der Waals surface area contributed by atoms with Gasteiger partial charge in [-0.2, -0.15) is 0 Å². The van der Waals surface area contributed by atoms with E-state index in [1.807, 2.05) is 0 Å². The Kier molecular flexibility index (Phi) is 8.40. The molecule has 0 aromatic heterocycles. The van der Waals surface area contributed by atoms with Crippen LogP contribution in [0, 0.1) is 0 Å². The summed E-state index contributed by atoms with van der Waals surface area (Å²) in [5.74, 6) is 0. The molecule has 0 aliphatic heterocycles. The minimum Gasteiger partial charge on any atom is -0.396 e. The van der Waals surface area contributed by atoms with E-state index in [1.165, 1.54) is 0 Å². The van der Waals surface area contributed by atoms with Crippen molar-refractivity contribution in [2.45, 2.75) is 45.2 Å². The molecule has 0 aromatic rings. The van der Waals surface area contributed by atoms with Gasteiger partial charge in [-0.05, 0) is 19.3 Å². The zero-order valence-electron chi connectivity index (χ0n) is 9.05. The number of aliphatic hydroxyl groups excluding tert-OH is 1. The molecule has 0 aliphatic carbocycles. The van der Waals surface area contributed by atoms with Gasteiger partial charge in [0.1, 0.15) is 0 Å². The van der Waals surface area contributed by atoms with E-state index in [-0.39, 0.29) is 6.61 Å². The smallest absolute Gasteiger partial charge is 0.0616 e. The second kappa shape index (κ2) is 8.48. The van der Waals surface area contributed by atoms with Gasteiger partial charge < -0.3 is 15.2 Å². The third-order valence-corrected chi connectivity index (χ3v) is 2.30. The molecule has 2 N–H and O–H groups in total. The fraction of sp³-hybridized carbons (Fsp3) is 1.00. The quantitative estimate of drug-likeness (QED) is 0.602. The van der Waals surface area contributed by atoms with Crippen LogP contribution in [0.4, 0.5) is 0 Å². The third-order valence-electron chi connectivity index (χ3n) is 2.30. The van der Waals surface area contributed by atoms with Crippen molar-refractivity contribution in [3.05, 3.63) is 0 Å². The van der Waals surface area contributed by atoms with Crippen LogP contribution in [0.1, 0.15) is 33.1 Å². The molecule has 80 valence electrons. The summed E-state index contributed by atoms with van der Waals surface area (Å²) in [6.45, 7) is 5.24. The maximum absolute atomic E-state index is 8.83. The van der Waals surface area contributed by atoms with Crippen LogP contribution in [0.5, 0.6) is 0 Å². The van der Waals surface area contributed by atoms with Gasteiger partial charge in [-0.15, -0.1) is 0 Å². The summed E-state index contributed by atoms with van der Waals surface area (Å²) in [5.41, 5.74) is 0. The lowest BCUT2D eigenvalue weighted by Gasteiger charge is -2.23. The SMILES string of the molecule is CCC(CC)NC(CCO)COC. The van der Waals surface area contributed by atoms with Crippen LogP contribution >= 0.6 is 0 Å². The van der Waals surface area contributed by atoms with Gasteiger partial charge in [0.15, 0.2) is 0 Å². The molecule has 0 rings (SSSR count). The molecular weight excluding hydrogens is 166 g/mol. The zero-order valence-corrected chi connectivity index (χ0v) is 9.05. The van der Waals surface area contributed by atoms with Crippen LogP contribution < -0.4 is 5.32 Å². The van der Waals surface area contributed by atoms with Crippen molar-refractivity contribution in [2.24, 2.45) is 0 Å². The van der Waals surface area contributed by atoms with E-state index in [1.54, 1.807) is 7.11 Å². The Bertz CT molecular complexity index is 99.1. The second-order valence-corrected chi connectivity index (χ2v) is 3.34. The Labute approximate surface area is 81.5 Å². The molecular formula is C10H23NO2. The summed E-state index contributed by atoms with van der Waals surface area (Å²) in [6, 6.07) is 0.839. The van der Waals surface area contributed by atoms with Crippen molar-refractivity contribution < 1.29 is 9.84 Å². The summed E-state index contributed by atoms with van der Waals surface area (Å²) < 4.78 is 5.07. The Morgan fingerprint density at radius 1 is 1.23 bits per heavy atom. The molecule has 0 saturated carbocycles. The van der Waals surface area contributed by atoms with Crippen molar-refractivity contribution in [3.8, 4) is 0 Å². The number of nitrogens with one attached hydrogen (secondary N) is 1. The average Bonchev–Trinajstić information content (AvgIpc) is 2.14. The lowest BCUT2D eigenvalue weighted by molar-refractivity contribution is 0.141. The van der Waals surface area contributed by atoms with Crippen LogP contribution in [0.3, 0.4) is 0 Å². The lowest BCUT2D eigenvalue weighted by atomic mass is 10.1. The largest absolute Gasteiger partial charge is 0.396 e. The molecule has 0 aromatic carbocycles. The van der Waals surface area contributed by atoms with Crippen molar-refractivity contribution in [1.29, 1.82) is 0 Å². The monoisotopic (exact) mass is 189 g/mol. The normalized spacial score (nSPS) is 13.6. The van der Waals surface area contributed by atoms with Crippen molar-refractivity contribution >= 4 is 0 Å². The van der Waals surface area contributed by atoms with Gasteiger partial charge in [-0.3, -0.25) is 0 Å². The molecule has 3 heteroatoms. The zero-order chi connectivity index (χ0) is 10.1. The summed E-state index contributed by atoms with van der Waals surface area (Å²) in [4.78, 5) is 0. The molecule has 0 spiro atoms. The van der Waals surface area contributed by atoms with Crippen molar-refractivity contribution in [2.75, 3.05) is 20.3 Å². The fourth-order valence-corrected chi connectivity index (χ4v) is 1.43. The van der Waals surface area contributed by atoms with Gasteiger partial charge in [0.25, 0.3) is 0 Å². The minimum atomic E-state index is 0.223. The van der Waals surface area contributed by atoms with Gasteiger partial charge in [-0.25, -0.2) is 0 Å². The molecule has 1 unspecified atom stereocenters. The Hall–Kier alpha value is -0.120. The van der Waals surface area contributed by atoms with E-state index in [0.29, 0.717) is 18.7 Å². The fourth-order valence-electron chi connectivity index (χ4n) is 1.43. The van der Waals surface area contributed by atoms with E-state index in [2.05, 4.69) is 19.2 Å². The van der Waals surface area contributed by atoms with Crippen molar-refractivity contribution in [3.63, 3.8) is 0 Å². The summed E-state index contributed by atoms with van der Waals surface area (Å²) in [7, 11) is 1.69. The highest BCUT2D eigenvalue weighted by Crippen LogP contribution is 2.01. The summed E-state index contributed by atoms with van der Waals surface area (Å²) in [6.07, 6.45) is 3.02. The molecule has 0 bridgehead atoms. The molecule has 1 atom stereocenters. The number of ether oxygens (including phenoxy) is 1. The van der Waals surface area contributed by atoms with Gasteiger partial charge in [0.2, 0.25) is 0 Å². The maximum atomic E-state index is 8.83. The van der Waals surface area contributed by atoms with E-state index >= 15 is 0 Å². The first-order chi connectivity index (χ1) is 6.28. The Balaban J connectivity index is 3.76. The number of methoxy groups -OCH3 is 1. The topological polar surface area (TPSA) is 41.5 Å². The van der Waals surface area contributed by atoms with Crippen LogP contribution in [-0.4, -0.2) is 37.5 Å². The highest BCUT2D eigenvalue weighted by atomic mass is 16.5. The number of aliphatic hydroxyl groups is 1. The summed E-state index contributed by atoms with van der Waals surface area (Å²) >= 11 is 0. The van der Waals surface area contributed by atoms with Crippen LogP contribution in [0.15, 0.2) is 0 Å². The van der Waals surface area contributed by atoms with E-state index in [9.17, 15) is 0 Å². The number of hydrogen-bond donors (Lipinski definition) is 2. The number of rotatable bonds is 8. The Morgan fingerprint density at radius 2 is 1.85 bits per heavy atom. The molecule has 0 fully saturated rings. The Morgan fingerprint density at radius 3 is 2.23 bits per heavy atom. The standard InChI is InChI=1S/C10H23NO2/c1-4-9(5-2)11-10(6-7-12)8-13-3/h9-12H,4-8H2,1-3H3. The number of hydrogen-bond acceptors (Lipinski definition) is 3. The molecule has 3 nitrogen and oxygen atoms in total. The molecule has 0 heterocycles. The van der Waals surface area contributed by atoms with Crippen LogP contribution in [0.25, 0.3) is 0 Å². The van der Waals surface area contributed by atoms with Gasteiger partial charge in [0.05, 0.1) is 6.61 Å². The minimum absolute atomic E-state index is 0.223. The van der Waals surface area contributed by atoms with Crippen LogP contribution in [0.2, 0.25) is 0 Å². The highest BCUT2D eigenvalue weighted by Gasteiger charge is 2.11. The molecule has 0 aliphatic rings. The van der Waals surface area contributed by atoms with Crippen molar-refractivity contribution in [1.82, 2.24) is 5.32 Å². The predicted octanol–water partition coefficient (Wildman–Crippen LogP) is 1.16. The first kappa shape index (κ1) is 12.9. The van der Waals surface area contributed by atoms with E-state index in [4.69, 9.17) is 9.84 Å². The summed E-state index contributed by atoms with van der Waals surface area (Å²) in [5, 5.41) is 12.3. The lowest BCUT2D eigenvalue weighted by Crippen LogP contribution is -2.41. The molecule has 13 heavy (non-hydrogen) atoms. The second-order valence-electron chi connectivity index (χ2n) is 3.34. The maximum Gasteiger partial charge on any atom is 0.0616 e. The van der Waals surface area contributed by atoms with Gasteiger partial charge in [-0.1, -0.05) is 13.8 Å². The van der Waals surface area contributed by atoms with Gasteiger partial charge in [0, 0.05) is 25.8 Å².